The van der Waals surface area contributed by atoms with Crippen molar-refractivity contribution in [3.8, 4) is 11.5 Å². The number of methoxy groups -OCH3 is 1. The highest BCUT2D eigenvalue weighted by Crippen LogP contribution is 2.38. The van der Waals surface area contributed by atoms with Crippen molar-refractivity contribution in [3.63, 3.8) is 0 Å². The lowest BCUT2D eigenvalue weighted by Crippen LogP contribution is -2.16. The zero-order chi connectivity index (χ0) is 23.0. The summed E-state index contributed by atoms with van der Waals surface area (Å²) in [6.07, 6.45) is 6.07. The third-order valence-corrected chi connectivity index (χ3v) is 5.83. The highest BCUT2D eigenvalue weighted by Gasteiger charge is 2.24. The van der Waals surface area contributed by atoms with Crippen molar-refractivity contribution in [2.24, 2.45) is 0 Å². The minimum Gasteiger partial charge on any atom is -0.465 e. The molecule has 9 nitrogen and oxygen atoms in total. The topological polar surface area (TPSA) is 126 Å². The van der Waals surface area contributed by atoms with E-state index in [1.807, 2.05) is 6.07 Å². The van der Waals surface area contributed by atoms with Crippen LogP contribution >= 0.6 is 0 Å². The first-order chi connectivity index (χ1) is 15.4. The molecule has 0 spiro atoms. The minimum absolute atomic E-state index is 0.0195. The summed E-state index contributed by atoms with van der Waals surface area (Å²) < 4.78 is 35.7. The average molecular weight is 456 g/mol. The van der Waals surface area contributed by atoms with Gasteiger partial charge < -0.3 is 14.8 Å². The van der Waals surface area contributed by atoms with E-state index in [4.69, 9.17) is 14.3 Å². The minimum atomic E-state index is -3.71. The second kappa shape index (κ2) is 10.6. The van der Waals surface area contributed by atoms with Gasteiger partial charge in [0.15, 0.2) is 21.5 Å². The highest BCUT2D eigenvalue weighted by molar-refractivity contribution is 7.93. The van der Waals surface area contributed by atoms with Crippen molar-refractivity contribution >= 4 is 27.4 Å². The van der Waals surface area contributed by atoms with Crippen LogP contribution in [0.4, 0.5) is 11.5 Å². The van der Waals surface area contributed by atoms with E-state index in [1.54, 1.807) is 30.3 Å². The second-order valence-electron chi connectivity index (χ2n) is 6.79. The first-order valence-electron chi connectivity index (χ1n) is 10.0. The largest absolute Gasteiger partial charge is 0.465 e. The predicted octanol–water partition coefficient (Wildman–Crippen LogP) is 4.70. The van der Waals surface area contributed by atoms with Gasteiger partial charge in [-0.25, -0.2) is 18.8 Å². The summed E-state index contributed by atoms with van der Waals surface area (Å²) in [5.41, 5.74) is 0.573. The molecule has 1 unspecified atom stereocenters. The van der Waals surface area contributed by atoms with E-state index in [-0.39, 0.29) is 22.0 Å². The first kappa shape index (κ1) is 23.0. The van der Waals surface area contributed by atoms with E-state index >= 15 is 0 Å². The molecule has 0 radical (unpaired) electrons. The number of esters is 1. The van der Waals surface area contributed by atoms with Gasteiger partial charge in [0.2, 0.25) is 0 Å². The summed E-state index contributed by atoms with van der Waals surface area (Å²) in [5, 5.41) is 3.23. The Kier molecular flexibility index (Phi) is 7.61. The summed E-state index contributed by atoms with van der Waals surface area (Å²) in [7, 11) is -2.45. The van der Waals surface area contributed by atoms with Crippen molar-refractivity contribution < 1.29 is 18.5 Å². The number of nitrogens with zero attached hydrogens (tertiary/aromatic N) is 2. The molecule has 1 aromatic heterocycles. The summed E-state index contributed by atoms with van der Waals surface area (Å²) >= 11 is 0. The number of nitrogens with one attached hydrogen (secondary N) is 3. The fourth-order valence-corrected chi connectivity index (χ4v) is 4.06. The Labute approximate surface area is 187 Å². The van der Waals surface area contributed by atoms with Gasteiger partial charge in [-0.2, -0.15) is 0 Å². The van der Waals surface area contributed by atoms with Crippen LogP contribution in [0.2, 0.25) is 0 Å². The molecule has 168 valence electrons. The number of rotatable bonds is 10. The predicted molar refractivity (Wildman–Crippen MR) is 122 cm³/mol. The van der Waals surface area contributed by atoms with E-state index in [2.05, 4.69) is 26.9 Å². The maximum absolute atomic E-state index is 13.5. The fourth-order valence-electron chi connectivity index (χ4n) is 2.85. The summed E-state index contributed by atoms with van der Waals surface area (Å²) in [6.45, 7) is 2.66. The smallest absolute Gasteiger partial charge is 0.337 e. The van der Waals surface area contributed by atoms with Crippen molar-refractivity contribution in [1.29, 1.82) is 4.78 Å². The lowest BCUT2D eigenvalue weighted by atomic mass is 10.1. The van der Waals surface area contributed by atoms with Crippen LogP contribution in [-0.2, 0) is 14.7 Å². The lowest BCUT2D eigenvalue weighted by molar-refractivity contribution is 0.0600. The molecule has 0 saturated carbocycles. The number of carbonyl (C=O) groups excluding carboxylic acids is 1. The van der Waals surface area contributed by atoms with Gasteiger partial charge >= 0.3 is 5.97 Å². The van der Waals surface area contributed by atoms with Gasteiger partial charge in [0, 0.05) is 18.9 Å². The van der Waals surface area contributed by atoms with Gasteiger partial charge in [0.05, 0.1) is 24.6 Å². The van der Waals surface area contributed by atoms with E-state index in [0.29, 0.717) is 18.0 Å². The van der Waals surface area contributed by atoms with Crippen LogP contribution in [0, 0.1) is 4.78 Å². The number of hydrogen-bond donors (Lipinski definition) is 3. The summed E-state index contributed by atoms with van der Waals surface area (Å²) in [4.78, 5) is 20.3. The zero-order valence-electron chi connectivity index (χ0n) is 17.8. The van der Waals surface area contributed by atoms with Crippen LogP contribution in [0.1, 0.15) is 30.1 Å². The Bertz CT molecular complexity index is 1160. The third-order valence-electron chi connectivity index (χ3n) is 4.41. The molecule has 0 aliphatic carbocycles. The normalized spacial score (nSPS) is 12.4. The van der Waals surface area contributed by atoms with Crippen molar-refractivity contribution in [1.82, 2.24) is 9.97 Å². The van der Waals surface area contributed by atoms with E-state index in [0.717, 1.165) is 12.8 Å². The summed E-state index contributed by atoms with van der Waals surface area (Å²) in [5.74, 6) is 0.206. The van der Waals surface area contributed by atoms with Crippen LogP contribution in [0.15, 0.2) is 66.0 Å². The van der Waals surface area contributed by atoms with Crippen LogP contribution in [0.3, 0.4) is 0 Å². The molecular formula is C22H25N5O4S. The molecule has 0 aliphatic rings. The standard InChI is InChI=1S/C22H25N5O4S/c1-3-4-10-25-18-13-16(22(28)30-2)14-19(21(18)31-17-8-6-5-7-9-17)32(23,29)27-20-15-24-11-12-26-20/h5-9,11-15,25H,3-4,10H2,1-2H3,(H2,23,26,27,29). The van der Waals surface area contributed by atoms with Crippen LogP contribution in [-0.4, -0.2) is 33.8 Å². The second-order valence-corrected chi connectivity index (χ2v) is 8.54. The van der Waals surface area contributed by atoms with Crippen LogP contribution < -0.4 is 14.8 Å². The number of unbranched alkanes of at least 4 members (excludes halogenated alkanes) is 1. The Hall–Kier alpha value is -3.66. The zero-order valence-corrected chi connectivity index (χ0v) is 18.6. The molecule has 0 saturated heterocycles. The molecule has 1 atom stereocenters. The molecule has 10 heteroatoms. The SMILES string of the molecule is CCCCNc1cc(C(=O)OC)cc(S(=N)(=O)Nc2cnccn2)c1Oc1ccccc1. The average Bonchev–Trinajstić information content (AvgIpc) is 2.80. The molecule has 3 N–H and O–H groups in total. The molecule has 0 aliphatic heterocycles. The number of benzene rings is 2. The number of para-hydroxylation sites is 1. The third kappa shape index (κ3) is 5.73. The highest BCUT2D eigenvalue weighted by atomic mass is 32.2. The van der Waals surface area contributed by atoms with Crippen molar-refractivity contribution in [2.45, 2.75) is 24.7 Å². The number of anilines is 2. The quantitative estimate of drug-likeness (QED) is 0.299. The molecule has 0 fully saturated rings. The molecule has 3 rings (SSSR count). The molecule has 3 aromatic rings. The van der Waals surface area contributed by atoms with Crippen LogP contribution in [0.25, 0.3) is 0 Å². The van der Waals surface area contributed by atoms with Gasteiger partial charge in [-0.1, -0.05) is 31.5 Å². The van der Waals surface area contributed by atoms with Crippen molar-refractivity contribution in [3.05, 3.63) is 66.6 Å². The molecule has 2 aromatic carbocycles. The molecular weight excluding hydrogens is 430 g/mol. The lowest BCUT2D eigenvalue weighted by Gasteiger charge is -2.20. The number of aromatic nitrogens is 2. The van der Waals surface area contributed by atoms with Crippen molar-refractivity contribution in [2.75, 3.05) is 23.7 Å². The molecule has 0 amide bonds. The van der Waals surface area contributed by atoms with Gasteiger partial charge in [-0.05, 0) is 30.7 Å². The van der Waals surface area contributed by atoms with E-state index in [9.17, 15) is 9.00 Å². The number of ether oxygens (including phenoxy) is 2. The Morgan fingerprint density at radius 3 is 2.62 bits per heavy atom. The molecule has 32 heavy (non-hydrogen) atoms. The Balaban J connectivity index is 2.15. The van der Waals surface area contributed by atoms with E-state index < -0.39 is 15.9 Å². The van der Waals surface area contributed by atoms with Gasteiger partial charge in [-0.15, -0.1) is 0 Å². The van der Waals surface area contributed by atoms with E-state index in [1.165, 1.54) is 31.8 Å². The summed E-state index contributed by atoms with van der Waals surface area (Å²) in [6, 6.07) is 11.9. The monoisotopic (exact) mass is 455 g/mol. The van der Waals surface area contributed by atoms with Gasteiger partial charge in [0.25, 0.3) is 0 Å². The Morgan fingerprint density at radius 2 is 1.97 bits per heavy atom. The number of carbonyl (C=O) groups is 1. The molecule has 1 heterocycles. The Morgan fingerprint density at radius 1 is 1.19 bits per heavy atom. The van der Waals surface area contributed by atoms with Crippen LogP contribution in [0.5, 0.6) is 11.5 Å². The first-order valence-corrected chi connectivity index (χ1v) is 11.6. The maximum Gasteiger partial charge on any atom is 0.337 e. The molecule has 0 bridgehead atoms. The number of hydrogen-bond acceptors (Lipinski definition) is 8. The maximum atomic E-state index is 13.5. The van der Waals surface area contributed by atoms with Gasteiger partial charge in [-0.3, -0.25) is 9.71 Å². The fraction of sp³-hybridized carbons (Fsp3) is 0.227. The van der Waals surface area contributed by atoms with Gasteiger partial charge in [0.1, 0.15) is 10.6 Å².